The number of hydrogen-bond donors (Lipinski definition) is 1. The van der Waals surface area contributed by atoms with E-state index in [1.165, 1.54) is 0 Å². The molecular formula is C20H20F3N5OS. The van der Waals surface area contributed by atoms with Gasteiger partial charge in [0.2, 0.25) is 11.1 Å². The molecule has 30 heavy (non-hydrogen) atoms. The van der Waals surface area contributed by atoms with E-state index in [0.717, 1.165) is 22.9 Å². The maximum Gasteiger partial charge on any atom is 0.453 e. The molecule has 3 aromatic rings. The van der Waals surface area contributed by atoms with Gasteiger partial charge in [0.25, 0.3) is 5.82 Å². The van der Waals surface area contributed by atoms with Gasteiger partial charge in [-0.25, -0.2) is 4.68 Å². The summed E-state index contributed by atoms with van der Waals surface area (Å²) in [5.74, 6) is 3.93. The molecule has 6 nitrogen and oxygen atoms in total. The zero-order valence-electron chi connectivity index (χ0n) is 16.1. The van der Waals surface area contributed by atoms with E-state index >= 15 is 0 Å². The van der Waals surface area contributed by atoms with Crippen LogP contribution in [0.1, 0.15) is 23.9 Å². The summed E-state index contributed by atoms with van der Waals surface area (Å²) in [6, 6.07) is 19.0. The molecule has 1 atom stereocenters. The molecule has 0 aliphatic heterocycles. The van der Waals surface area contributed by atoms with Crippen LogP contribution in [0.25, 0.3) is 0 Å². The molecule has 0 fully saturated rings. The van der Waals surface area contributed by atoms with Crippen LogP contribution in [0.5, 0.6) is 0 Å². The second kappa shape index (κ2) is 9.21. The monoisotopic (exact) mass is 435 g/mol. The number of aromatic nitrogens is 3. The van der Waals surface area contributed by atoms with Crippen LogP contribution in [0.2, 0.25) is 0 Å². The van der Waals surface area contributed by atoms with Gasteiger partial charge < -0.3 is 10.7 Å². The minimum Gasteiger partial charge on any atom is -0.335 e. The largest absolute Gasteiger partial charge is 0.453 e. The van der Waals surface area contributed by atoms with Gasteiger partial charge in [-0.05, 0) is 18.1 Å². The maximum absolute atomic E-state index is 13.2. The fourth-order valence-electron chi connectivity index (χ4n) is 2.84. The van der Waals surface area contributed by atoms with E-state index in [1.807, 2.05) is 60.7 Å². The number of carbonyl (C=O) groups excluding carboxylic acids is 1. The quantitative estimate of drug-likeness (QED) is 0.452. The number of nitrogens with two attached hydrogens (primary N) is 1. The predicted molar refractivity (Wildman–Crippen MR) is 108 cm³/mol. The first kappa shape index (κ1) is 21.7. The summed E-state index contributed by atoms with van der Waals surface area (Å²) in [7, 11) is 0. The summed E-state index contributed by atoms with van der Waals surface area (Å²) in [5, 5.41) is 5.69. The van der Waals surface area contributed by atoms with E-state index in [4.69, 9.17) is 5.84 Å². The van der Waals surface area contributed by atoms with Gasteiger partial charge >= 0.3 is 6.18 Å². The highest BCUT2D eigenvalue weighted by molar-refractivity contribution is 8.00. The zero-order chi connectivity index (χ0) is 21.7. The van der Waals surface area contributed by atoms with Crippen LogP contribution in [0, 0.1) is 0 Å². The second-order valence-corrected chi connectivity index (χ2v) is 7.91. The van der Waals surface area contributed by atoms with Crippen LogP contribution in [-0.2, 0) is 24.1 Å². The van der Waals surface area contributed by atoms with Crippen molar-refractivity contribution in [3.63, 3.8) is 0 Å². The van der Waals surface area contributed by atoms with Crippen molar-refractivity contribution in [1.82, 2.24) is 19.8 Å². The Hall–Kier alpha value is -3.01. The Kier molecular flexibility index (Phi) is 6.66. The third kappa shape index (κ3) is 5.32. The lowest BCUT2D eigenvalue weighted by molar-refractivity contribution is -0.146. The molecule has 0 bridgehead atoms. The van der Waals surface area contributed by atoms with Crippen LogP contribution < -0.4 is 5.84 Å². The van der Waals surface area contributed by atoms with Crippen molar-refractivity contribution in [3.05, 3.63) is 77.6 Å². The number of rotatable bonds is 7. The van der Waals surface area contributed by atoms with Crippen LogP contribution >= 0.6 is 11.8 Å². The molecule has 0 spiro atoms. The predicted octanol–water partition coefficient (Wildman–Crippen LogP) is 3.72. The van der Waals surface area contributed by atoms with Gasteiger partial charge in [-0.15, -0.1) is 10.2 Å². The maximum atomic E-state index is 13.2. The van der Waals surface area contributed by atoms with E-state index in [2.05, 4.69) is 10.2 Å². The number of alkyl halides is 3. The Morgan fingerprint density at radius 1 is 1.03 bits per heavy atom. The number of amides is 1. The van der Waals surface area contributed by atoms with Crippen LogP contribution in [0.4, 0.5) is 13.2 Å². The van der Waals surface area contributed by atoms with Crippen molar-refractivity contribution in [3.8, 4) is 0 Å². The molecule has 2 aromatic carbocycles. The highest BCUT2D eigenvalue weighted by Gasteiger charge is 2.38. The molecule has 0 aliphatic rings. The number of halogens is 3. The number of carbonyl (C=O) groups is 1. The summed E-state index contributed by atoms with van der Waals surface area (Å²) < 4.78 is 39.0. The van der Waals surface area contributed by atoms with Crippen molar-refractivity contribution in [1.29, 1.82) is 0 Å². The van der Waals surface area contributed by atoms with E-state index in [0.29, 0.717) is 17.8 Å². The van der Waals surface area contributed by atoms with Gasteiger partial charge in [0.05, 0.1) is 5.25 Å². The Bertz CT molecular complexity index is 938. The van der Waals surface area contributed by atoms with E-state index in [9.17, 15) is 18.0 Å². The molecule has 0 saturated carbocycles. The fourth-order valence-corrected chi connectivity index (χ4v) is 3.69. The number of hydrogen-bond acceptors (Lipinski definition) is 5. The lowest BCUT2D eigenvalue weighted by atomic mass is 10.1. The van der Waals surface area contributed by atoms with E-state index < -0.39 is 17.3 Å². The van der Waals surface area contributed by atoms with E-state index in [-0.39, 0.29) is 11.1 Å². The van der Waals surface area contributed by atoms with Gasteiger partial charge in [-0.2, -0.15) is 13.2 Å². The van der Waals surface area contributed by atoms with Gasteiger partial charge in [0.1, 0.15) is 0 Å². The minimum atomic E-state index is -4.72. The van der Waals surface area contributed by atoms with E-state index in [1.54, 1.807) is 11.8 Å². The van der Waals surface area contributed by atoms with Crippen molar-refractivity contribution in [2.75, 3.05) is 5.84 Å². The summed E-state index contributed by atoms with van der Waals surface area (Å²) in [5.41, 5.74) is 1.89. The SMILES string of the molecule is CC(Sc1nnc(C(F)(F)F)n1N)C(=O)N(Cc1ccccc1)Cc1ccccc1. The number of nitrogen functional groups attached to an aromatic ring is 1. The molecular weight excluding hydrogens is 415 g/mol. The normalized spacial score (nSPS) is 12.5. The summed E-state index contributed by atoms with van der Waals surface area (Å²) in [6.45, 7) is 2.34. The Morgan fingerprint density at radius 2 is 1.53 bits per heavy atom. The second-order valence-electron chi connectivity index (χ2n) is 6.60. The molecule has 158 valence electrons. The molecule has 1 aromatic heterocycles. The number of benzene rings is 2. The average Bonchev–Trinajstić information content (AvgIpc) is 3.09. The zero-order valence-corrected chi connectivity index (χ0v) is 16.9. The molecule has 2 N–H and O–H groups in total. The molecule has 1 unspecified atom stereocenters. The molecule has 3 rings (SSSR count). The number of thioether (sulfide) groups is 1. The first-order valence-electron chi connectivity index (χ1n) is 9.06. The smallest absolute Gasteiger partial charge is 0.335 e. The van der Waals surface area contributed by atoms with Crippen molar-refractivity contribution in [2.24, 2.45) is 0 Å². The van der Waals surface area contributed by atoms with Gasteiger partial charge in [-0.3, -0.25) is 4.79 Å². The molecule has 1 heterocycles. The first-order chi connectivity index (χ1) is 14.3. The molecule has 0 radical (unpaired) electrons. The van der Waals surface area contributed by atoms with Gasteiger partial charge in [0, 0.05) is 13.1 Å². The summed E-state index contributed by atoms with van der Waals surface area (Å²) in [4.78, 5) is 14.8. The summed E-state index contributed by atoms with van der Waals surface area (Å²) >= 11 is 0.838. The summed E-state index contributed by atoms with van der Waals surface area (Å²) in [6.07, 6.45) is -4.72. The Balaban J connectivity index is 1.78. The molecule has 0 saturated heterocycles. The van der Waals surface area contributed by atoms with Crippen LogP contribution in [0.3, 0.4) is 0 Å². The average molecular weight is 435 g/mol. The Morgan fingerprint density at radius 3 is 1.97 bits per heavy atom. The highest BCUT2D eigenvalue weighted by atomic mass is 32.2. The molecule has 10 heteroatoms. The minimum absolute atomic E-state index is 0.178. The van der Waals surface area contributed by atoms with Crippen molar-refractivity contribution >= 4 is 17.7 Å². The lowest BCUT2D eigenvalue weighted by Gasteiger charge is -2.26. The molecule has 1 amide bonds. The third-order valence-electron chi connectivity index (χ3n) is 4.29. The van der Waals surface area contributed by atoms with Crippen molar-refractivity contribution in [2.45, 2.75) is 36.6 Å². The fraction of sp³-hybridized carbons (Fsp3) is 0.250. The Labute approximate surface area is 175 Å². The topological polar surface area (TPSA) is 77.0 Å². The standard InChI is InChI=1S/C20H20F3N5OS/c1-14(30-19-26-25-18(28(19)24)20(21,22)23)17(29)27(12-15-8-4-2-5-9-15)13-16-10-6-3-7-11-16/h2-11,14H,12-13,24H2,1H3. The van der Waals surface area contributed by atoms with Gasteiger partial charge in [-0.1, -0.05) is 72.4 Å². The molecule has 0 aliphatic carbocycles. The highest BCUT2D eigenvalue weighted by Crippen LogP contribution is 2.30. The number of nitrogens with zero attached hydrogens (tertiary/aromatic N) is 4. The van der Waals surface area contributed by atoms with Crippen LogP contribution in [-0.4, -0.2) is 30.9 Å². The third-order valence-corrected chi connectivity index (χ3v) is 5.34. The van der Waals surface area contributed by atoms with Crippen molar-refractivity contribution < 1.29 is 18.0 Å². The van der Waals surface area contributed by atoms with Crippen LogP contribution in [0.15, 0.2) is 65.8 Å². The van der Waals surface area contributed by atoms with Gasteiger partial charge in [0.15, 0.2) is 0 Å². The first-order valence-corrected chi connectivity index (χ1v) is 9.94. The lowest BCUT2D eigenvalue weighted by Crippen LogP contribution is -2.36.